The molecule has 2 atom stereocenters. The second kappa shape index (κ2) is 13.3. The number of benzene rings is 1. The minimum absolute atomic E-state index is 0.0445. The average molecular weight is 406 g/mol. The molecule has 0 heterocycles. The lowest BCUT2D eigenvalue weighted by Crippen LogP contribution is -2.60. The summed E-state index contributed by atoms with van der Waals surface area (Å²) >= 11 is 0. The van der Waals surface area contributed by atoms with Crippen LogP contribution in [0.25, 0.3) is 0 Å². The minimum atomic E-state index is -0.794. The van der Waals surface area contributed by atoms with Crippen LogP contribution in [0.3, 0.4) is 0 Å². The molecule has 6 heteroatoms. The fraction of sp³-hybridized carbons (Fsp3) is 0.652. The summed E-state index contributed by atoms with van der Waals surface area (Å²) in [5.41, 5.74) is 0.285. The summed E-state index contributed by atoms with van der Waals surface area (Å²) in [5.74, 6) is -0.380. The molecule has 0 radical (unpaired) electrons. The van der Waals surface area contributed by atoms with Crippen molar-refractivity contribution in [1.29, 1.82) is 0 Å². The van der Waals surface area contributed by atoms with Gasteiger partial charge in [0.1, 0.15) is 0 Å². The number of amides is 2. The molecule has 0 aliphatic heterocycles. The summed E-state index contributed by atoms with van der Waals surface area (Å²) in [6.45, 7) is 11.0. The zero-order valence-corrected chi connectivity index (χ0v) is 18.7. The van der Waals surface area contributed by atoms with Gasteiger partial charge >= 0.3 is 0 Å². The van der Waals surface area contributed by atoms with Crippen molar-refractivity contribution in [2.45, 2.75) is 78.0 Å². The van der Waals surface area contributed by atoms with E-state index in [1.807, 2.05) is 44.2 Å². The lowest BCUT2D eigenvalue weighted by molar-refractivity contribution is -0.130. The van der Waals surface area contributed by atoms with Crippen molar-refractivity contribution in [3.8, 4) is 0 Å². The van der Waals surface area contributed by atoms with E-state index in [-0.39, 0.29) is 30.5 Å². The molecular weight excluding hydrogens is 366 g/mol. The standard InChI is InChI=1S/C23H39N3O3/c1-6-18(4)29-15-14-24-21(27)17-25-22(28)23(5,26-20(7-2)8-3)16-19-12-10-9-11-13-19/h9-13,18,20,26H,6-8,14-17H2,1-5H3,(H,24,27)(H,25,28)/t18-,23?/m1/s1. The van der Waals surface area contributed by atoms with Crippen LogP contribution in [0, 0.1) is 0 Å². The second-order valence-corrected chi connectivity index (χ2v) is 7.77. The number of hydrogen-bond acceptors (Lipinski definition) is 4. The van der Waals surface area contributed by atoms with Gasteiger partial charge < -0.3 is 20.7 Å². The van der Waals surface area contributed by atoms with Gasteiger partial charge in [-0.3, -0.25) is 9.59 Å². The maximum Gasteiger partial charge on any atom is 0.240 e. The van der Waals surface area contributed by atoms with Crippen LogP contribution in [-0.2, 0) is 20.7 Å². The van der Waals surface area contributed by atoms with E-state index in [0.717, 1.165) is 24.8 Å². The van der Waals surface area contributed by atoms with Crippen LogP contribution in [0.5, 0.6) is 0 Å². The molecule has 164 valence electrons. The summed E-state index contributed by atoms with van der Waals surface area (Å²) in [6.07, 6.45) is 3.55. The van der Waals surface area contributed by atoms with Crippen LogP contribution in [0.15, 0.2) is 30.3 Å². The van der Waals surface area contributed by atoms with Crippen LogP contribution in [-0.4, -0.2) is 49.2 Å². The Kier molecular flexibility index (Phi) is 11.5. The largest absolute Gasteiger partial charge is 0.377 e. The highest BCUT2D eigenvalue weighted by Crippen LogP contribution is 2.16. The second-order valence-electron chi connectivity index (χ2n) is 7.77. The molecule has 0 fully saturated rings. The van der Waals surface area contributed by atoms with Gasteiger partial charge in [-0.25, -0.2) is 0 Å². The van der Waals surface area contributed by atoms with E-state index in [0.29, 0.717) is 19.6 Å². The lowest BCUT2D eigenvalue weighted by atomic mass is 9.90. The van der Waals surface area contributed by atoms with Gasteiger partial charge in [-0.05, 0) is 45.1 Å². The Morgan fingerprint density at radius 3 is 2.28 bits per heavy atom. The van der Waals surface area contributed by atoms with Crippen molar-refractivity contribution in [2.24, 2.45) is 0 Å². The van der Waals surface area contributed by atoms with Crippen LogP contribution >= 0.6 is 0 Å². The molecule has 1 rings (SSSR count). The zero-order chi connectivity index (χ0) is 21.7. The minimum Gasteiger partial charge on any atom is -0.377 e. The SMILES string of the molecule is CCC(CC)NC(C)(Cc1ccccc1)C(=O)NCC(=O)NCCO[C@H](C)CC. The Balaban J connectivity index is 2.63. The lowest BCUT2D eigenvalue weighted by Gasteiger charge is -2.33. The smallest absolute Gasteiger partial charge is 0.240 e. The Hall–Kier alpha value is -1.92. The molecule has 0 spiro atoms. The van der Waals surface area contributed by atoms with Crippen LogP contribution in [0.4, 0.5) is 0 Å². The van der Waals surface area contributed by atoms with E-state index in [1.54, 1.807) is 0 Å². The predicted molar refractivity (Wildman–Crippen MR) is 118 cm³/mol. The van der Waals surface area contributed by atoms with Gasteiger partial charge in [-0.15, -0.1) is 0 Å². The molecular formula is C23H39N3O3. The monoisotopic (exact) mass is 405 g/mol. The van der Waals surface area contributed by atoms with Gasteiger partial charge in [0.15, 0.2) is 0 Å². The first-order valence-corrected chi connectivity index (χ1v) is 10.8. The van der Waals surface area contributed by atoms with Crippen LogP contribution in [0.1, 0.15) is 59.4 Å². The molecule has 0 aliphatic carbocycles. The molecule has 29 heavy (non-hydrogen) atoms. The predicted octanol–water partition coefficient (Wildman–Crippen LogP) is 2.81. The van der Waals surface area contributed by atoms with Crippen molar-refractivity contribution in [3.05, 3.63) is 35.9 Å². The molecule has 0 aliphatic rings. The molecule has 2 amide bonds. The summed E-state index contributed by atoms with van der Waals surface area (Å²) in [7, 11) is 0. The molecule has 1 unspecified atom stereocenters. The van der Waals surface area contributed by atoms with E-state index in [4.69, 9.17) is 4.74 Å². The third-order valence-electron chi connectivity index (χ3n) is 5.22. The highest BCUT2D eigenvalue weighted by molar-refractivity contribution is 5.90. The third kappa shape index (κ3) is 9.41. The Labute approximate surface area is 176 Å². The maximum absolute atomic E-state index is 13.0. The number of ether oxygens (including phenoxy) is 1. The summed E-state index contributed by atoms with van der Waals surface area (Å²) in [4.78, 5) is 25.1. The highest BCUT2D eigenvalue weighted by Gasteiger charge is 2.34. The number of hydrogen-bond donors (Lipinski definition) is 3. The molecule has 1 aromatic rings. The fourth-order valence-corrected chi connectivity index (χ4v) is 3.13. The maximum atomic E-state index is 13.0. The Bertz CT molecular complexity index is 605. The molecule has 3 N–H and O–H groups in total. The van der Waals surface area contributed by atoms with Gasteiger partial charge in [0.25, 0.3) is 0 Å². The van der Waals surface area contributed by atoms with Crippen LogP contribution in [0.2, 0.25) is 0 Å². The first-order chi connectivity index (χ1) is 13.8. The van der Waals surface area contributed by atoms with E-state index in [1.165, 1.54) is 0 Å². The highest BCUT2D eigenvalue weighted by atomic mass is 16.5. The van der Waals surface area contributed by atoms with Gasteiger partial charge in [0, 0.05) is 12.6 Å². The van der Waals surface area contributed by atoms with Crippen molar-refractivity contribution in [3.63, 3.8) is 0 Å². The molecule has 0 saturated heterocycles. The van der Waals surface area contributed by atoms with Crippen molar-refractivity contribution >= 4 is 11.8 Å². The average Bonchev–Trinajstić information content (AvgIpc) is 2.73. The van der Waals surface area contributed by atoms with Crippen LogP contribution < -0.4 is 16.0 Å². The molecule has 0 saturated carbocycles. The van der Waals surface area contributed by atoms with Gasteiger partial charge in [-0.2, -0.15) is 0 Å². The topological polar surface area (TPSA) is 79.5 Å². The number of nitrogens with one attached hydrogen (secondary N) is 3. The van der Waals surface area contributed by atoms with Crippen molar-refractivity contribution in [2.75, 3.05) is 19.7 Å². The molecule has 0 bridgehead atoms. The normalized spacial score (nSPS) is 14.3. The van der Waals surface area contributed by atoms with Gasteiger partial charge in [0.05, 0.1) is 24.8 Å². The fourth-order valence-electron chi connectivity index (χ4n) is 3.13. The summed E-state index contributed by atoms with van der Waals surface area (Å²) in [6, 6.07) is 10.2. The van der Waals surface area contributed by atoms with Crippen molar-refractivity contribution < 1.29 is 14.3 Å². The Morgan fingerprint density at radius 1 is 1.03 bits per heavy atom. The quantitative estimate of drug-likeness (QED) is 0.416. The molecule has 1 aromatic carbocycles. The van der Waals surface area contributed by atoms with E-state index >= 15 is 0 Å². The number of rotatable bonds is 14. The number of carbonyl (C=O) groups is 2. The third-order valence-corrected chi connectivity index (χ3v) is 5.22. The Morgan fingerprint density at radius 2 is 1.69 bits per heavy atom. The summed E-state index contributed by atoms with van der Waals surface area (Å²) < 4.78 is 5.54. The number of carbonyl (C=O) groups excluding carboxylic acids is 2. The van der Waals surface area contributed by atoms with Gasteiger partial charge in [0.2, 0.25) is 11.8 Å². The molecule has 0 aromatic heterocycles. The van der Waals surface area contributed by atoms with Gasteiger partial charge in [-0.1, -0.05) is 51.1 Å². The van der Waals surface area contributed by atoms with Crippen molar-refractivity contribution in [1.82, 2.24) is 16.0 Å². The van der Waals surface area contributed by atoms with E-state index < -0.39 is 5.54 Å². The zero-order valence-electron chi connectivity index (χ0n) is 18.7. The first-order valence-electron chi connectivity index (χ1n) is 10.8. The van der Waals surface area contributed by atoms with E-state index in [9.17, 15) is 9.59 Å². The summed E-state index contributed by atoms with van der Waals surface area (Å²) in [5, 5.41) is 9.10. The first kappa shape index (κ1) is 25.1. The van der Waals surface area contributed by atoms with E-state index in [2.05, 4.69) is 36.7 Å². The molecule has 6 nitrogen and oxygen atoms in total.